The van der Waals surface area contributed by atoms with Crippen molar-refractivity contribution in [1.29, 1.82) is 0 Å². The Morgan fingerprint density at radius 1 is 0.833 bits per heavy atom. The molecule has 0 atom stereocenters. The molecule has 9 heteroatoms. The molecular formula is C15H16N2O3S4. The van der Waals surface area contributed by atoms with Crippen LogP contribution in [0.2, 0.25) is 0 Å². The topological polar surface area (TPSA) is 61.3 Å². The normalized spacial score (nSPS) is 10.3. The smallest absolute Gasteiger partial charge is 0.433 e. The Bertz CT molecular complexity index is 538. The molecule has 0 aliphatic heterocycles. The lowest BCUT2D eigenvalue weighted by molar-refractivity contribution is 0.0646. The number of nitrogens with zero attached hydrogens (tertiary/aromatic N) is 2. The minimum atomic E-state index is -0.623. The van der Waals surface area contributed by atoms with Gasteiger partial charge in [0.25, 0.3) is 0 Å². The fourth-order valence-electron chi connectivity index (χ4n) is 1.36. The monoisotopic (exact) mass is 400 g/mol. The molecule has 0 saturated carbocycles. The molecule has 0 aliphatic rings. The van der Waals surface area contributed by atoms with E-state index < -0.39 is 6.16 Å². The van der Waals surface area contributed by atoms with Gasteiger partial charge in [-0.2, -0.15) is 0 Å². The van der Waals surface area contributed by atoms with Gasteiger partial charge in [0, 0.05) is 23.9 Å². The van der Waals surface area contributed by atoms with E-state index in [9.17, 15) is 4.79 Å². The molecule has 2 rings (SSSR count). The lowest BCUT2D eigenvalue weighted by Crippen LogP contribution is -2.11. The van der Waals surface area contributed by atoms with E-state index in [1.54, 1.807) is 55.6 Å². The van der Waals surface area contributed by atoms with Crippen LogP contribution in [0.25, 0.3) is 0 Å². The molecule has 0 N–H and O–H groups in total. The molecule has 0 fully saturated rings. The molecule has 2 heterocycles. The van der Waals surface area contributed by atoms with Gasteiger partial charge in [0.15, 0.2) is 0 Å². The third-order valence-corrected chi connectivity index (χ3v) is 6.80. The van der Waals surface area contributed by atoms with E-state index in [0.29, 0.717) is 24.7 Å². The van der Waals surface area contributed by atoms with Crippen molar-refractivity contribution in [3.63, 3.8) is 0 Å². The molecule has 24 heavy (non-hydrogen) atoms. The van der Waals surface area contributed by atoms with Gasteiger partial charge in [0.05, 0.1) is 0 Å². The van der Waals surface area contributed by atoms with E-state index in [0.717, 1.165) is 10.1 Å². The number of hydrogen-bond donors (Lipinski definition) is 0. The van der Waals surface area contributed by atoms with Crippen molar-refractivity contribution in [1.82, 2.24) is 9.97 Å². The zero-order valence-corrected chi connectivity index (χ0v) is 16.0. The molecule has 0 amide bonds. The van der Waals surface area contributed by atoms with E-state index in [1.165, 1.54) is 0 Å². The number of ether oxygens (including phenoxy) is 2. The molecule has 0 radical (unpaired) electrons. The Morgan fingerprint density at radius 2 is 1.33 bits per heavy atom. The fraction of sp³-hybridized carbons (Fsp3) is 0.267. The number of carbonyl (C=O) groups excluding carboxylic acids is 1. The summed E-state index contributed by atoms with van der Waals surface area (Å²) in [6.45, 7) is 0.637. The minimum absolute atomic E-state index is 0.319. The lowest BCUT2D eigenvalue weighted by atomic mass is 10.5. The van der Waals surface area contributed by atoms with Gasteiger partial charge in [0.1, 0.15) is 23.3 Å². The average Bonchev–Trinajstić information content (AvgIpc) is 2.63. The van der Waals surface area contributed by atoms with Crippen LogP contribution >= 0.6 is 43.2 Å². The van der Waals surface area contributed by atoms with Gasteiger partial charge in [0.2, 0.25) is 0 Å². The van der Waals surface area contributed by atoms with Crippen molar-refractivity contribution in [3.05, 3.63) is 48.8 Å². The van der Waals surface area contributed by atoms with Crippen LogP contribution in [0, 0.1) is 0 Å². The van der Waals surface area contributed by atoms with Gasteiger partial charge >= 0.3 is 6.16 Å². The van der Waals surface area contributed by atoms with E-state index in [4.69, 9.17) is 9.47 Å². The van der Waals surface area contributed by atoms with Crippen molar-refractivity contribution in [2.45, 2.75) is 10.1 Å². The van der Waals surface area contributed by atoms with Gasteiger partial charge in [-0.05, 0) is 45.9 Å². The van der Waals surface area contributed by atoms with Crippen LogP contribution in [0.5, 0.6) is 0 Å². The highest BCUT2D eigenvalue weighted by Crippen LogP contribution is 2.29. The number of pyridine rings is 2. The van der Waals surface area contributed by atoms with E-state index >= 15 is 0 Å². The summed E-state index contributed by atoms with van der Waals surface area (Å²) in [6, 6.07) is 11.5. The Labute approximate surface area is 156 Å². The van der Waals surface area contributed by atoms with Crippen LogP contribution in [0.4, 0.5) is 4.79 Å². The molecular weight excluding hydrogens is 384 g/mol. The predicted molar refractivity (Wildman–Crippen MR) is 102 cm³/mol. The third-order valence-electron chi connectivity index (χ3n) is 2.34. The standard InChI is InChI=1S/C15H16N2O3S4/c18-15(19-9-11-21-23-13-5-1-3-7-16-13)20-10-12-22-24-14-6-2-4-8-17-14/h1-8H,9-12H2. The van der Waals surface area contributed by atoms with Crippen LogP contribution in [0.15, 0.2) is 58.8 Å². The zero-order chi connectivity index (χ0) is 16.9. The molecule has 2 aromatic rings. The Balaban J connectivity index is 1.42. The Hall–Kier alpha value is -1.03. The molecule has 2 aromatic heterocycles. The van der Waals surface area contributed by atoms with Gasteiger partial charge in [-0.25, -0.2) is 14.8 Å². The minimum Gasteiger partial charge on any atom is -0.433 e. The molecule has 128 valence electrons. The van der Waals surface area contributed by atoms with Crippen molar-refractivity contribution >= 4 is 49.3 Å². The highest BCUT2D eigenvalue weighted by atomic mass is 33.1. The average molecular weight is 401 g/mol. The molecule has 0 aromatic carbocycles. The van der Waals surface area contributed by atoms with Gasteiger partial charge in [-0.1, -0.05) is 33.7 Å². The Kier molecular flexibility index (Phi) is 9.93. The summed E-state index contributed by atoms with van der Waals surface area (Å²) in [5.41, 5.74) is 0. The maximum Gasteiger partial charge on any atom is 0.508 e. The summed E-state index contributed by atoms with van der Waals surface area (Å²) in [4.78, 5) is 19.8. The summed E-state index contributed by atoms with van der Waals surface area (Å²) in [5, 5.41) is 1.88. The number of aromatic nitrogens is 2. The first kappa shape index (κ1) is 19.3. The third kappa shape index (κ3) is 8.72. The molecule has 0 saturated heterocycles. The lowest BCUT2D eigenvalue weighted by Gasteiger charge is -2.05. The van der Waals surface area contributed by atoms with Crippen LogP contribution in [0.1, 0.15) is 0 Å². The Morgan fingerprint density at radius 3 is 1.75 bits per heavy atom. The maximum absolute atomic E-state index is 11.4. The first-order valence-electron chi connectivity index (χ1n) is 7.05. The maximum atomic E-state index is 11.4. The summed E-state index contributed by atoms with van der Waals surface area (Å²) in [5.74, 6) is 1.36. The number of carbonyl (C=O) groups is 1. The first-order chi connectivity index (χ1) is 11.8. The molecule has 0 aliphatic carbocycles. The van der Waals surface area contributed by atoms with E-state index in [1.807, 2.05) is 36.4 Å². The second-order valence-corrected chi connectivity index (χ2v) is 8.97. The van der Waals surface area contributed by atoms with Crippen LogP contribution in [-0.2, 0) is 9.47 Å². The fourth-order valence-corrected chi connectivity index (χ4v) is 4.77. The van der Waals surface area contributed by atoms with Crippen molar-refractivity contribution in [3.8, 4) is 0 Å². The van der Waals surface area contributed by atoms with Gasteiger partial charge in [-0.15, -0.1) is 0 Å². The SMILES string of the molecule is O=C(OCCSSc1ccccn1)OCCSSc1ccccn1. The summed E-state index contributed by atoms with van der Waals surface area (Å²) >= 11 is 0. The summed E-state index contributed by atoms with van der Waals surface area (Å²) in [7, 11) is 6.28. The van der Waals surface area contributed by atoms with Crippen LogP contribution in [-0.4, -0.2) is 40.8 Å². The second-order valence-electron chi connectivity index (χ2n) is 4.09. The first-order valence-corrected chi connectivity index (χ1v) is 11.7. The van der Waals surface area contributed by atoms with Crippen LogP contribution in [0.3, 0.4) is 0 Å². The van der Waals surface area contributed by atoms with Crippen LogP contribution < -0.4 is 0 Å². The number of hydrogen-bond acceptors (Lipinski definition) is 9. The highest BCUT2D eigenvalue weighted by molar-refractivity contribution is 8.77. The predicted octanol–water partition coefficient (Wildman–Crippen LogP) is 4.81. The molecule has 0 unspecified atom stereocenters. The molecule has 0 spiro atoms. The summed E-state index contributed by atoms with van der Waals surface area (Å²) < 4.78 is 10.0. The van der Waals surface area contributed by atoms with E-state index in [2.05, 4.69) is 9.97 Å². The van der Waals surface area contributed by atoms with Crippen molar-refractivity contribution < 1.29 is 14.3 Å². The molecule has 0 bridgehead atoms. The van der Waals surface area contributed by atoms with E-state index in [-0.39, 0.29) is 0 Å². The zero-order valence-electron chi connectivity index (χ0n) is 12.7. The number of rotatable bonds is 10. The second kappa shape index (κ2) is 12.3. The highest BCUT2D eigenvalue weighted by Gasteiger charge is 2.04. The quantitative estimate of drug-likeness (QED) is 0.317. The largest absolute Gasteiger partial charge is 0.508 e. The van der Waals surface area contributed by atoms with Gasteiger partial charge < -0.3 is 9.47 Å². The van der Waals surface area contributed by atoms with Crippen molar-refractivity contribution in [2.24, 2.45) is 0 Å². The summed E-state index contributed by atoms with van der Waals surface area (Å²) in [6.07, 6.45) is 2.88. The molecule has 5 nitrogen and oxygen atoms in total. The van der Waals surface area contributed by atoms with Gasteiger partial charge in [-0.3, -0.25) is 0 Å². The van der Waals surface area contributed by atoms with Crippen molar-refractivity contribution in [2.75, 3.05) is 24.7 Å².